The summed E-state index contributed by atoms with van der Waals surface area (Å²) in [6, 6.07) is 5.95. The molecule has 0 spiro atoms. The van der Waals surface area contributed by atoms with E-state index in [1.165, 1.54) is 0 Å². The standard InChI is InChI=1S/C20H24N2O/c1-7-14(8-2)12-13-17-21-18-15(10-9-11-16(18)23-6)19(22-17)20(3,4)5/h7-13H,1H2,2-6H3/b13-12+,14-8+. The predicted molar refractivity (Wildman–Crippen MR) is 97.8 cm³/mol. The summed E-state index contributed by atoms with van der Waals surface area (Å²) < 4.78 is 5.48. The number of hydrogen-bond acceptors (Lipinski definition) is 3. The Hall–Kier alpha value is -2.42. The minimum atomic E-state index is -0.0853. The fourth-order valence-corrected chi connectivity index (χ4v) is 2.41. The summed E-state index contributed by atoms with van der Waals surface area (Å²) in [5.74, 6) is 1.44. The van der Waals surface area contributed by atoms with Gasteiger partial charge in [0.1, 0.15) is 11.3 Å². The Morgan fingerprint density at radius 1 is 1.22 bits per heavy atom. The van der Waals surface area contributed by atoms with Crippen LogP contribution in [-0.4, -0.2) is 17.1 Å². The maximum atomic E-state index is 5.48. The van der Waals surface area contributed by atoms with E-state index in [4.69, 9.17) is 9.72 Å². The number of rotatable bonds is 4. The molecule has 23 heavy (non-hydrogen) atoms. The van der Waals surface area contributed by atoms with E-state index in [-0.39, 0.29) is 5.41 Å². The highest BCUT2D eigenvalue weighted by atomic mass is 16.5. The van der Waals surface area contributed by atoms with Crippen LogP contribution in [-0.2, 0) is 5.41 Å². The molecular formula is C20H24N2O. The van der Waals surface area contributed by atoms with E-state index in [1.807, 2.05) is 49.4 Å². The average molecular weight is 308 g/mol. The summed E-state index contributed by atoms with van der Waals surface area (Å²) in [4.78, 5) is 9.45. The van der Waals surface area contributed by atoms with Crippen LogP contribution in [0.2, 0.25) is 0 Å². The van der Waals surface area contributed by atoms with Crippen LogP contribution in [0.5, 0.6) is 5.75 Å². The molecule has 0 fully saturated rings. The minimum absolute atomic E-state index is 0.0853. The monoisotopic (exact) mass is 308 g/mol. The van der Waals surface area contributed by atoms with E-state index in [0.717, 1.165) is 27.9 Å². The van der Waals surface area contributed by atoms with Crippen LogP contribution >= 0.6 is 0 Å². The zero-order valence-corrected chi connectivity index (χ0v) is 14.6. The van der Waals surface area contributed by atoms with Crippen molar-refractivity contribution in [1.82, 2.24) is 9.97 Å². The highest BCUT2D eigenvalue weighted by Gasteiger charge is 2.21. The number of aromatic nitrogens is 2. The van der Waals surface area contributed by atoms with Crippen LogP contribution in [0, 0.1) is 0 Å². The smallest absolute Gasteiger partial charge is 0.153 e. The van der Waals surface area contributed by atoms with E-state index in [9.17, 15) is 0 Å². The van der Waals surface area contributed by atoms with Gasteiger partial charge in [0.05, 0.1) is 12.8 Å². The molecule has 0 unspecified atom stereocenters. The highest BCUT2D eigenvalue weighted by molar-refractivity contribution is 5.87. The molecule has 0 N–H and O–H groups in total. The number of nitrogens with zero attached hydrogens (tertiary/aromatic N) is 2. The van der Waals surface area contributed by atoms with Gasteiger partial charge >= 0.3 is 0 Å². The zero-order chi connectivity index (χ0) is 17.0. The van der Waals surface area contributed by atoms with E-state index in [1.54, 1.807) is 7.11 Å². The van der Waals surface area contributed by atoms with Crippen molar-refractivity contribution in [3.05, 3.63) is 60.1 Å². The Labute approximate surface area is 138 Å². The Kier molecular flexibility index (Phi) is 4.99. The third-order valence-electron chi connectivity index (χ3n) is 3.63. The number of allylic oxidation sites excluding steroid dienone is 4. The molecule has 0 saturated heterocycles. The molecule has 1 heterocycles. The van der Waals surface area contributed by atoms with Crippen molar-refractivity contribution in [3.63, 3.8) is 0 Å². The minimum Gasteiger partial charge on any atom is -0.494 e. The number of methoxy groups -OCH3 is 1. The number of benzene rings is 1. The second-order valence-corrected chi connectivity index (χ2v) is 6.36. The molecule has 1 aromatic carbocycles. The van der Waals surface area contributed by atoms with E-state index in [2.05, 4.69) is 32.3 Å². The lowest BCUT2D eigenvalue weighted by Crippen LogP contribution is -2.15. The van der Waals surface area contributed by atoms with Gasteiger partial charge in [0.15, 0.2) is 5.82 Å². The van der Waals surface area contributed by atoms with Crippen LogP contribution in [0.1, 0.15) is 39.2 Å². The molecule has 0 atom stereocenters. The molecule has 120 valence electrons. The predicted octanol–water partition coefficient (Wildman–Crippen LogP) is 5.08. The van der Waals surface area contributed by atoms with Crippen molar-refractivity contribution < 1.29 is 4.74 Å². The summed E-state index contributed by atoms with van der Waals surface area (Å²) in [7, 11) is 1.67. The largest absolute Gasteiger partial charge is 0.494 e. The van der Waals surface area contributed by atoms with Gasteiger partial charge < -0.3 is 4.74 Å². The molecular weight excluding hydrogens is 284 g/mol. The molecule has 2 aromatic rings. The Morgan fingerprint density at radius 3 is 2.52 bits per heavy atom. The van der Waals surface area contributed by atoms with Gasteiger partial charge in [-0.15, -0.1) is 0 Å². The quantitative estimate of drug-likeness (QED) is 0.739. The first-order valence-corrected chi connectivity index (χ1v) is 7.72. The van der Waals surface area contributed by atoms with Crippen molar-refractivity contribution in [2.24, 2.45) is 0 Å². The number of fused-ring (bicyclic) bond motifs is 1. The molecule has 0 aliphatic rings. The van der Waals surface area contributed by atoms with Gasteiger partial charge in [-0.05, 0) is 24.6 Å². The van der Waals surface area contributed by atoms with E-state index >= 15 is 0 Å². The van der Waals surface area contributed by atoms with Gasteiger partial charge in [-0.25, -0.2) is 9.97 Å². The Morgan fingerprint density at radius 2 is 1.96 bits per heavy atom. The lowest BCUT2D eigenvalue weighted by molar-refractivity contribution is 0.418. The van der Waals surface area contributed by atoms with Gasteiger partial charge in [0, 0.05) is 10.8 Å². The zero-order valence-electron chi connectivity index (χ0n) is 14.6. The van der Waals surface area contributed by atoms with Gasteiger partial charge in [-0.1, -0.05) is 57.7 Å². The van der Waals surface area contributed by atoms with Crippen molar-refractivity contribution in [1.29, 1.82) is 0 Å². The maximum absolute atomic E-state index is 5.48. The fraction of sp³-hybridized carbons (Fsp3) is 0.300. The summed E-state index contributed by atoms with van der Waals surface area (Å²) in [5.41, 5.74) is 2.81. The third kappa shape index (κ3) is 3.67. The van der Waals surface area contributed by atoms with Crippen molar-refractivity contribution in [3.8, 4) is 5.75 Å². The molecule has 0 saturated carbocycles. The summed E-state index contributed by atoms with van der Waals surface area (Å²) in [6.45, 7) is 12.2. The van der Waals surface area contributed by atoms with Gasteiger partial charge in [0.2, 0.25) is 0 Å². The van der Waals surface area contributed by atoms with Gasteiger partial charge in [-0.2, -0.15) is 0 Å². The van der Waals surface area contributed by atoms with Crippen LogP contribution in [0.15, 0.2) is 48.6 Å². The lowest BCUT2D eigenvalue weighted by Gasteiger charge is -2.20. The van der Waals surface area contributed by atoms with Crippen molar-refractivity contribution in [2.75, 3.05) is 7.11 Å². The van der Waals surface area contributed by atoms with E-state index < -0.39 is 0 Å². The Balaban J connectivity index is 2.70. The normalized spacial score (nSPS) is 12.8. The molecule has 0 aliphatic heterocycles. The second-order valence-electron chi connectivity index (χ2n) is 6.36. The Bertz CT molecular complexity index is 780. The number of hydrogen-bond donors (Lipinski definition) is 0. The SMILES string of the molecule is C=CC(/C=C/c1nc(C(C)(C)C)c2cccc(OC)c2n1)=C\C. The number of para-hydroxylation sites is 1. The molecule has 2 rings (SSSR count). The second kappa shape index (κ2) is 6.78. The van der Waals surface area contributed by atoms with E-state index in [0.29, 0.717) is 5.82 Å². The van der Waals surface area contributed by atoms with Crippen LogP contribution in [0.3, 0.4) is 0 Å². The first-order chi connectivity index (χ1) is 10.9. The molecule has 1 aromatic heterocycles. The molecule has 0 bridgehead atoms. The highest BCUT2D eigenvalue weighted by Crippen LogP contribution is 2.32. The fourth-order valence-electron chi connectivity index (χ4n) is 2.41. The van der Waals surface area contributed by atoms with Crippen molar-refractivity contribution >= 4 is 17.0 Å². The maximum Gasteiger partial charge on any atom is 0.153 e. The average Bonchev–Trinajstić information content (AvgIpc) is 2.53. The lowest BCUT2D eigenvalue weighted by atomic mass is 9.89. The van der Waals surface area contributed by atoms with Crippen LogP contribution in [0.4, 0.5) is 0 Å². The summed E-state index contributed by atoms with van der Waals surface area (Å²) in [5, 5.41) is 1.03. The first kappa shape index (κ1) is 16.9. The molecule has 0 radical (unpaired) electrons. The summed E-state index contributed by atoms with van der Waals surface area (Å²) >= 11 is 0. The van der Waals surface area contributed by atoms with Crippen LogP contribution < -0.4 is 4.74 Å². The summed E-state index contributed by atoms with van der Waals surface area (Å²) in [6.07, 6.45) is 7.69. The van der Waals surface area contributed by atoms with Crippen molar-refractivity contribution in [2.45, 2.75) is 33.1 Å². The van der Waals surface area contributed by atoms with Crippen LogP contribution in [0.25, 0.3) is 17.0 Å². The first-order valence-electron chi connectivity index (χ1n) is 7.72. The topological polar surface area (TPSA) is 35.0 Å². The number of ether oxygens (including phenoxy) is 1. The van der Waals surface area contributed by atoms with Gasteiger partial charge in [-0.3, -0.25) is 0 Å². The molecule has 3 heteroatoms. The third-order valence-corrected chi connectivity index (χ3v) is 3.63. The molecule has 3 nitrogen and oxygen atoms in total. The molecule has 0 amide bonds. The molecule has 0 aliphatic carbocycles. The van der Waals surface area contributed by atoms with Gasteiger partial charge in [0.25, 0.3) is 0 Å².